The van der Waals surface area contributed by atoms with Crippen LogP contribution in [0.15, 0.2) is 36.5 Å². The Morgan fingerprint density at radius 3 is 2.70 bits per heavy atom. The van der Waals surface area contributed by atoms with Gasteiger partial charge in [0.05, 0.1) is 22.1 Å². The zero-order chi connectivity index (χ0) is 18.9. The minimum atomic E-state index is -0.577. The van der Waals surface area contributed by atoms with Crippen molar-refractivity contribution in [2.24, 2.45) is 29.6 Å². The van der Waals surface area contributed by atoms with Gasteiger partial charge in [0.2, 0.25) is 5.91 Å². The lowest BCUT2D eigenvalue weighted by Gasteiger charge is -2.26. The third kappa shape index (κ3) is 2.86. The minimum absolute atomic E-state index is 0.130. The van der Waals surface area contributed by atoms with Crippen molar-refractivity contribution in [1.29, 1.82) is 0 Å². The van der Waals surface area contributed by atoms with Gasteiger partial charge in [0, 0.05) is 17.6 Å². The maximum absolute atomic E-state index is 13.1. The number of rotatable bonds is 3. The van der Waals surface area contributed by atoms with Crippen molar-refractivity contribution in [2.75, 3.05) is 5.32 Å². The number of nitrogens with zero attached hydrogens (tertiary/aromatic N) is 1. The summed E-state index contributed by atoms with van der Waals surface area (Å²) >= 11 is 12.0. The molecule has 3 fully saturated rings. The summed E-state index contributed by atoms with van der Waals surface area (Å²) in [4.78, 5) is 17.3. The lowest BCUT2D eigenvalue weighted by Crippen LogP contribution is -2.39. The molecule has 0 bridgehead atoms. The molecular weight excluding hydrogens is 383 g/mol. The molecule has 3 aliphatic carbocycles. The Morgan fingerprint density at radius 2 is 1.96 bits per heavy atom. The van der Waals surface area contributed by atoms with Crippen LogP contribution in [0, 0.1) is 36.5 Å². The quantitative estimate of drug-likeness (QED) is 0.804. The van der Waals surface area contributed by atoms with Crippen LogP contribution in [-0.2, 0) is 4.79 Å². The van der Waals surface area contributed by atoms with Crippen molar-refractivity contribution < 1.29 is 9.90 Å². The van der Waals surface area contributed by atoms with Crippen LogP contribution in [0.2, 0.25) is 10.0 Å². The van der Waals surface area contributed by atoms with Gasteiger partial charge in [-0.25, -0.2) is 0 Å². The lowest BCUT2D eigenvalue weighted by atomic mass is 9.85. The molecule has 7 atom stereocenters. The fourth-order valence-electron chi connectivity index (χ4n) is 5.29. The first kappa shape index (κ1) is 17.5. The molecule has 0 radical (unpaired) electrons. The Labute approximate surface area is 167 Å². The van der Waals surface area contributed by atoms with Crippen LogP contribution in [0.5, 0.6) is 0 Å². The highest BCUT2D eigenvalue weighted by atomic mass is 35.5. The molecule has 1 heterocycles. The summed E-state index contributed by atoms with van der Waals surface area (Å²) < 4.78 is 0. The molecule has 5 rings (SSSR count). The second kappa shape index (κ2) is 6.20. The number of benzene rings is 1. The first-order valence-electron chi connectivity index (χ1n) is 9.32. The van der Waals surface area contributed by atoms with Gasteiger partial charge in [-0.05, 0) is 78.8 Å². The van der Waals surface area contributed by atoms with E-state index in [2.05, 4.69) is 16.4 Å². The predicted octanol–water partition coefficient (Wildman–Crippen LogP) is 4.29. The fourth-order valence-corrected chi connectivity index (χ4v) is 5.59. The molecule has 0 saturated heterocycles. The highest BCUT2D eigenvalue weighted by Gasteiger charge is 2.71. The van der Waals surface area contributed by atoms with E-state index < -0.39 is 12.0 Å². The largest absolute Gasteiger partial charge is 0.392 e. The lowest BCUT2D eigenvalue weighted by molar-refractivity contribution is -0.126. The van der Waals surface area contributed by atoms with Gasteiger partial charge < -0.3 is 10.4 Å². The molecule has 0 aliphatic heterocycles. The minimum Gasteiger partial charge on any atom is -0.392 e. The van der Waals surface area contributed by atoms with Crippen molar-refractivity contribution in [3.63, 3.8) is 0 Å². The van der Waals surface area contributed by atoms with Crippen LogP contribution >= 0.6 is 23.2 Å². The highest BCUT2D eigenvalue weighted by molar-refractivity contribution is 6.42. The van der Waals surface area contributed by atoms with Crippen LogP contribution in [0.1, 0.15) is 23.6 Å². The van der Waals surface area contributed by atoms with Crippen LogP contribution in [0.3, 0.4) is 0 Å². The molecule has 1 aromatic heterocycles. The maximum Gasteiger partial charge on any atom is 0.230 e. The molecule has 1 aromatic carbocycles. The highest BCUT2D eigenvalue weighted by Crippen LogP contribution is 2.73. The second-order valence-electron chi connectivity index (χ2n) is 8.11. The van der Waals surface area contributed by atoms with Gasteiger partial charge in [0.1, 0.15) is 0 Å². The average Bonchev–Trinajstić information content (AvgIpc) is 3.50. The van der Waals surface area contributed by atoms with Crippen molar-refractivity contribution in [1.82, 2.24) is 4.98 Å². The van der Waals surface area contributed by atoms with Crippen molar-refractivity contribution >= 4 is 34.8 Å². The number of nitrogens with one attached hydrogen (secondary N) is 1. The number of carbonyl (C=O) groups excluding carboxylic acids is 1. The van der Waals surface area contributed by atoms with Gasteiger partial charge in [0.15, 0.2) is 0 Å². The summed E-state index contributed by atoms with van der Waals surface area (Å²) in [6, 6.07) is 9.20. The monoisotopic (exact) mass is 402 g/mol. The SMILES string of the molecule is Cc1cc(C2[C@@H]3C4C[C@@H]4[C@H](O)[C@H](C(=O)Nc4ccc(Cl)c(Cl)c4)[C@H]23)ccn1. The number of aromatic nitrogens is 1. The van der Waals surface area contributed by atoms with E-state index in [0.29, 0.717) is 33.5 Å². The maximum atomic E-state index is 13.1. The summed E-state index contributed by atoms with van der Waals surface area (Å²) in [7, 11) is 0. The molecule has 2 aromatic rings. The smallest absolute Gasteiger partial charge is 0.230 e. The zero-order valence-electron chi connectivity index (χ0n) is 14.8. The van der Waals surface area contributed by atoms with Crippen molar-refractivity contribution in [3.05, 3.63) is 57.8 Å². The summed E-state index contributed by atoms with van der Waals surface area (Å²) in [6.45, 7) is 1.98. The van der Waals surface area contributed by atoms with E-state index in [0.717, 1.165) is 12.1 Å². The van der Waals surface area contributed by atoms with Crippen LogP contribution < -0.4 is 5.32 Å². The number of aliphatic hydroxyl groups excluding tert-OH is 1. The molecule has 0 spiro atoms. The summed E-state index contributed by atoms with van der Waals surface area (Å²) in [6.07, 6.45) is 2.28. The standard InChI is InChI=1S/C21H20Cl2N2O2/c1-9-6-10(4-5-24-9)16-17-12-8-13(12)20(26)19(18(16)17)21(27)25-11-2-3-14(22)15(23)7-11/h2-7,12-13,16-20,26H,8H2,1H3,(H,25,27)/t12?,13-,16?,17-,18+,19+,20-/m0/s1. The van der Waals surface area contributed by atoms with E-state index in [4.69, 9.17) is 23.2 Å². The number of amides is 1. The van der Waals surface area contributed by atoms with Crippen LogP contribution in [-0.4, -0.2) is 22.1 Å². The molecule has 2 N–H and O–H groups in total. The first-order chi connectivity index (χ1) is 13.0. The normalized spacial score (nSPS) is 35.8. The van der Waals surface area contributed by atoms with E-state index in [9.17, 15) is 9.90 Å². The molecule has 27 heavy (non-hydrogen) atoms. The van der Waals surface area contributed by atoms with Crippen LogP contribution in [0.25, 0.3) is 0 Å². The molecule has 3 aliphatic rings. The van der Waals surface area contributed by atoms with Gasteiger partial charge in [-0.3, -0.25) is 9.78 Å². The summed E-state index contributed by atoms with van der Waals surface area (Å²) in [5.74, 6) is 1.30. The number of carbonyl (C=O) groups is 1. The predicted molar refractivity (Wildman–Crippen MR) is 105 cm³/mol. The molecule has 1 amide bonds. The van der Waals surface area contributed by atoms with Crippen molar-refractivity contribution in [2.45, 2.75) is 25.4 Å². The third-order valence-electron chi connectivity index (χ3n) is 6.54. The molecule has 140 valence electrons. The van der Waals surface area contributed by atoms with Gasteiger partial charge in [0.25, 0.3) is 0 Å². The molecule has 3 saturated carbocycles. The molecule has 2 unspecified atom stereocenters. The van der Waals surface area contributed by atoms with Crippen molar-refractivity contribution in [3.8, 4) is 0 Å². The van der Waals surface area contributed by atoms with E-state index in [-0.39, 0.29) is 17.7 Å². The topological polar surface area (TPSA) is 62.2 Å². The summed E-state index contributed by atoms with van der Waals surface area (Å²) in [5, 5.41) is 14.6. The Hall–Kier alpha value is -1.62. The Balaban J connectivity index is 1.41. The zero-order valence-corrected chi connectivity index (χ0v) is 16.3. The van der Waals surface area contributed by atoms with E-state index in [1.165, 1.54) is 5.56 Å². The van der Waals surface area contributed by atoms with E-state index in [1.807, 2.05) is 19.2 Å². The first-order valence-corrected chi connectivity index (χ1v) is 10.1. The van der Waals surface area contributed by atoms with Gasteiger partial charge >= 0.3 is 0 Å². The number of fused-ring (bicyclic) bond motifs is 3. The number of aliphatic hydroxyl groups is 1. The number of halogens is 2. The Kier molecular flexibility index (Phi) is 4.01. The number of hydrogen-bond donors (Lipinski definition) is 2. The van der Waals surface area contributed by atoms with Gasteiger partial charge in [-0.15, -0.1) is 0 Å². The number of pyridine rings is 1. The fraction of sp³-hybridized carbons (Fsp3) is 0.429. The number of aryl methyl sites for hydroxylation is 1. The van der Waals surface area contributed by atoms with Crippen LogP contribution in [0.4, 0.5) is 5.69 Å². The molecular formula is C21H20Cl2N2O2. The summed E-state index contributed by atoms with van der Waals surface area (Å²) in [5.41, 5.74) is 2.83. The van der Waals surface area contributed by atoms with Gasteiger partial charge in [-0.2, -0.15) is 0 Å². The molecule has 6 heteroatoms. The second-order valence-corrected chi connectivity index (χ2v) is 8.92. The average molecular weight is 403 g/mol. The molecule has 4 nitrogen and oxygen atoms in total. The number of hydrogen-bond acceptors (Lipinski definition) is 3. The van der Waals surface area contributed by atoms with E-state index in [1.54, 1.807) is 18.2 Å². The Bertz CT molecular complexity index is 934. The third-order valence-corrected chi connectivity index (χ3v) is 7.27. The van der Waals surface area contributed by atoms with E-state index >= 15 is 0 Å². The number of anilines is 1. The van der Waals surface area contributed by atoms with Gasteiger partial charge in [-0.1, -0.05) is 23.2 Å². The Morgan fingerprint density at radius 1 is 1.15 bits per heavy atom.